The summed E-state index contributed by atoms with van der Waals surface area (Å²) in [5, 5.41) is 1.89. The molecular weight excluding hydrogens is 358 g/mol. The van der Waals surface area contributed by atoms with Crippen LogP contribution in [0.15, 0.2) is 15.9 Å². The first-order chi connectivity index (χ1) is 7.56. The van der Waals surface area contributed by atoms with Crippen LogP contribution in [0.4, 0.5) is 0 Å². The summed E-state index contributed by atoms with van der Waals surface area (Å²) in [5.41, 5.74) is 0. The number of hydrogen-bond acceptors (Lipinski definition) is 3. The summed E-state index contributed by atoms with van der Waals surface area (Å²) in [6, 6.07) is 1.88. The quantitative estimate of drug-likeness (QED) is 0.745. The molecule has 0 aliphatic rings. The second-order valence-electron chi connectivity index (χ2n) is 3.34. The van der Waals surface area contributed by atoms with Gasteiger partial charge in [0, 0.05) is 25.2 Å². The maximum Gasteiger partial charge on any atom is 0.264 e. The topological polar surface area (TPSA) is 29.5 Å². The van der Waals surface area contributed by atoms with Gasteiger partial charge in [-0.2, -0.15) is 0 Å². The van der Waals surface area contributed by atoms with E-state index < -0.39 is 0 Å². The van der Waals surface area contributed by atoms with Gasteiger partial charge in [0.05, 0.1) is 11.4 Å². The van der Waals surface area contributed by atoms with E-state index in [1.165, 1.54) is 11.3 Å². The minimum Gasteiger partial charge on any atom is -0.383 e. The number of halogens is 2. The molecule has 1 heterocycles. The number of rotatable bonds is 5. The van der Waals surface area contributed by atoms with E-state index in [1.807, 2.05) is 11.4 Å². The van der Waals surface area contributed by atoms with Crippen molar-refractivity contribution in [2.75, 3.05) is 27.3 Å². The lowest BCUT2D eigenvalue weighted by molar-refractivity contribution is 0.0788. The van der Waals surface area contributed by atoms with Crippen LogP contribution in [0.1, 0.15) is 9.67 Å². The first kappa shape index (κ1) is 14.2. The summed E-state index contributed by atoms with van der Waals surface area (Å²) in [6.07, 6.45) is 0. The third-order valence-electron chi connectivity index (χ3n) is 1.98. The molecule has 1 aromatic heterocycles. The van der Waals surface area contributed by atoms with Gasteiger partial charge in [0.1, 0.15) is 4.88 Å². The second kappa shape index (κ2) is 6.74. The molecule has 0 N–H and O–H groups in total. The van der Waals surface area contributed by atoms with Gasteiger partial charge in [0.15, 0.2) is 0 Å². The van der Waals surface area contributed by atoms with Crippen LogP contribution in [0.25, 0.3) is 0 Å². The summed E-state index contributed by atoms with van der Waals surface area (Å²) >= 11 is 8.26. The first-order valence-electron chi connectivity index (χ1n) is 4.67. The Balaban J connectivity index is 2.58. The molecule has 1 aromatic rings. The zero-order chi connectivity index (χ0) is 12.1. The van der Waals surface area contributed by atoms with Crippen LogP contribution in [0, 0.1) is 0 Å². The monoisotopic (exact) mass is 369 g/mol. The van der Waals surface area contributed by atoms with Gasteiger partial charge in [0.2, 0.25) is 0 Å². The van der Waals surface area contributed by atoms with Crippen molar-refractivity contribution < 1.29 is 9.53 Å². The molecule has 0 saturated heterocycles. The molecule has 0 spiro atoms. The number of carbonyl (C=O) groups excluding carboxylic acids is 1. The Kier molecular flexibility index (Phi) is 5.96. The third kappa shape index (κ3) is 3.84. The largest absolute Gasteiger partial charge is 0.383 e. The van der Waals surface area contributed by atoms with Gasteiger partial charge in [-0.15, -0.1) is 11.3 Å². The van der Waals surface area contributed by atoms with Gasteiger partial charge in [0.25, 0.3) is 5.91 Å². The number of amides is 1. The Labute approximate surface area is 116 Å². The average Bonchev–Trinajstić information content (AvgIpc) is 2.63. The predicted molar refractivity (Wildman–Crippen MR) is 73.6 cm³/mol. The molecule has 0 aromatic carbocycles. The molecule has 1 amide bonds. The maximum absolute atomic E-state index is 12.0. The Morgan fingerprint density at radius 2 is 2.38 bits per heavy atom. The van der Waals surface area contributed by atoms with Crippen LogP contribution in [-0.4, -0.2) is 42.9 Å². The standard InChI is InChI=1S/C10H13Br2NO2S/c1-13(5-7(11)6-15-2)10(14)9-8(12)3-4-16-9/h3-4,7H,5-6H2,1-2H3. The molecule has 0 aliphatic heterocycles. The van der Waals surface area contributed by atoms with E-state index in [0.717, 1.165) is 9.35 Å². The van der Waals surface area contributed by atoms with E-state index in [2.05, 4.69) is 31.9 Å². The zero-order valence-corrected chi connectivity index (χ0v) is 13.1. The number of carbonyl (C=O) groups is 1. The molecule has 1 unspecified atom stereocenters. The molecule has 16 heavy (non-hydrogen) atoms. The summed E-state index contributed by atoms with van der Waals surface area (Å²) in [7, 11) is 3.43. The van der Waals surface area contributed by atoms with Crippen molar-refractivity contribution in [3.05, 3.63) is 20.8 Å². The molecular formula is C10H13Br2NO2S. The Bertz CT molecular complexity index is 356. The molecule has 6 heteroatoms. The smallest absolute Gasteiger partial charge is 0.264 e. The fraction of sp³-hybridized carbons (Fsp3) is 0.500. The van der Waals surface area contributed by atoms with E-state index in [1.54, 1.807) is 19.1 Å². The predicted octanol–water partition coefficient (Wildman–Crippen LogP) is 2.99. The fourth-order valence-corrected chi connectivity index (χ4v) is 3.47. The Hall–Kier alpha value is 0.0900. The Morgan fingerprint density at radius 3 is 2.88 bits per heavy atom. The van der Waals surface area contributed by atoms with E-state index in [0.29, 0.717) is 13.2 Å². The lowest BCUT2D eigenvalue weighted by Crippen LogP contribution is -2.33. The van der Waals surface area contributed by atoms with Crippen molar-refractivity contribution in [1.82, 2.24) is 4.90 Å². The van der Waals surface area contributed by atoms with Gasteiger partial charge < -0.3 is 9.64 Å². The summed E-state index contributed by atoms with van der Waals surface area (Å²) < 4.78 is 5.86. The van der Waals surface area contributed by atoms with Crippen LogP contribution in [0.3, 0.4) is 0 Å². The number of hydrogen-bond donors (Lipinski definition) is 0. The molecule has 0 fully saturated rings. The fourth-order valence-electron chi connectivity index (χ4n) is 1.23. The van der Waals surface area contributed by atoms with Gasteiger partial charge in [-0.25, -0.2) is 0 Å². The minimum atomic E-state index is 0.0300. The van der Waals surface area contributed by atoms with Crippen LogP contribution in [0.5, 0.6) is 0 Å². The highest BCUT2D eigenvalue weighted by molar-refractivity contribution is 9.10. The van der Waals surface area contributed by atoms with Gasteiger partial charge >= 0.3 is 0 Å². The average molecular weight is 371 g/mol. The van der Waals surface area contributed by atoms with Crippen LogP contribution >= 0.6 is 43.2 Å². The molecule has 1 atom stereocenters. The van der Waals surface area contributed by atoms with E-state index in [9.17, 15) is 4.79 Å². The van der Waals surface area contributed by atoms with E-state index >= 15 is 0 Å². The summed E-state index contributed by atoms with van der Waals surface area (Å²) in [4.78, 5) is 14.6. The van der Waals surface area contributed by atoms with E-state index in [4.69, 9.17) is 4.74 Å². The van der Waals surface area contributed by atoms with Gasteiger partial charge in [-0.1, -0.05) is 15.9 Å². The normalized spacial score (nSPS) is 12.5. The minimum absolute atomic E-state index is 0.0300. The van der Waals surface area contributed by atoms with Gasteiger partial charge in [-0.3, -0.25) is 4.79 Å². The molecule has 3 nitrogen and oxygen atoms in total. The van der Waals surface area contributed by atoms with Crippen LogP contribution in [0.2, 0.25) is 0 Å². The zero-order valence-electron chi connectivity index (χ0n) is 9.07. The molecule has 0 saturated carbocycles. The van der Waals surface area contributed by atoms with Gasteiger partial charge in [-0.05, 0) is 27.4 Å². The SMILES string of the molecule is COCC(Br)CN(C)C(=O)c1sccc1Br. The first-order valence-corrected chi connectivity index (χ1v) is 7.26. The van der Waals surface area contributed by atoms with Crippen molar-refractivity contribution >= 4 is 49.1 Å². The third-order valence-corrected chi connectivity index (χ3v) is 4.36. The maximum atomic E-state index is 12.0. The lowest BCUT2D eigenvalue weighted by Gasteiger charge is -2.19. The number of thiophene rings is 1. The highest BCUT2D eigenvalue weighted by Crippen LogP contribution is 2.24. The number of methoxy groups -OCH3 is 1. The van der Waals surface area contributed by atoms with Crippen LogP contribution in [-0.2, 0) is 4.74 Å². The molecule has 0 radical (unpaired) electrons. The highest BCUT2D eigenvalue weighted by atomic mass is 79.9. The lowest BCUT2D eigenvalue weighted by atomic mass is 10.3. The molecule has 0 bridgehead atoms. The van der Waals surface area contributed by atoms with Crippen molar-refractivity contribution in [2.45, 2.75) is 4.83 Å². The van der Waals surface area contributed by atoms with Crippen molar-refractivity contribution in [2.24, 2.45) is 0 Å². The highest BCUT2D eigenvalue weighted by Gasteiger charge is 2.18. The van der Waals surface area contributed by atoms with Crippen molar-refractivity contribution in [1.29, 1.82) is 0 Å². The summed E-state index contributed by atoms with van der Waals surface area (Å²) in [5.74, 6) is 0.0300. The molecule has 90 valence electrons. The summed E-state index contributed by atoms with van der Waals surface area (Å²) in [6.45, 7) is 1.21. The van der Waals surface area contributed by atoms with Crippen molar-refractivity contribution in [3.8, 4) is 0 Å². The molecule has 0 aliphatic carbocycles. The number of nitrogens with zero attached hydrogens (tertiary/aromatic N) is 1. The number of ether oxygens (including phenoxy) is 1. The number of alkyl halides is 1. The van der Waals surface area contributed by atoms with Crippen molar-refractivity contribution in [3.63, 3.8) is 0 Å². The second-order valence-corrected chi connectivity index (χ2v) is 6.40. The Morgan fingerprint density at radius 1 is 1.69 bits per heavy atom. The molecule has 1 rings (SSSR count). The van der Waals surface area contributed by atoms with Crippen LogP contribution < -0.4 is 0 Å². The van der Waals surface area contributed by atoms with E-state index in [-0.39, 0.29) is 10.7 Å².